The molecule has 0 aliphatic carbocycles. The summed E-state index contributed by atoms with van der Waals surface area (Å²) in [5.74, 6) is 2.41. The van der Waals surface area contributed by atoms with Crippen LogP contribution in [-0.2, 0) is 11.3 Å². The summed E-state index contributed by atoms with van der Waals surface area (Å²) in [6, 6.07) is 9.55. The Kier molecular flexibility index (Phi) is 5.47. The number of nitrogens with two attached hydrogens (primary N) is 1. The molecular formula is C15H19ClNO3+. The largest absolute Gasteiger partial charge is 0.495 e. The van der Waals surface area contributed by atoms with Gasteiger partial charge in [-0.25, -0.2) is 0 Å². The molecule has 1 aromatic heterocycles. The molecule has 20 heavy (non-hydrogen) atoms. The van der Waals surface area contributed by atoms with Gasteiger partial charge in [0.2, 0.25) is 0 Å². The zero-order chi connectivity index (χ0) is 14.4. The van der Waals surface area contributed by atoms with Crippen molar-refractivity contribution in [3.8, 4) is 17.1 Å². The van der Waals surface area contributed by atoms with Gasteiger partial charge in [0.05, 0.1) is 25.3 Å². The van der Waals surface area contributed by atoms with Crippen LogP contribution in [0.25, 0.3) is 11.3 Å². The lowest BCUT2D eigenvalue weighted by atomic mass is 10.2. The number of furan rings is 1. The third-order valence-corrected chi connectivity index (χ3v) is 3.26. The van der Waals surface area contributed by atoms with Crippen LogP contribution in [-0.4, -0.2) is 27.4 Å². The van der Waals surface area contributed by atoms with Crippen LogP contribution in [0.4, 0.5) is 0 Å². The van der Waals surface area contributed by atoms with E-state index < -0.39 is 0 Å². The van der Waals surface area contributed by atoms with Crippen molar-refractivity contribution in [2.45, 2.75) is 6.54 Å². The molecule has 5 heteroatoms. The van der Waals surface area contributed by atoms with Crippen LogP contribution in [0.15, 0.2) is 34.7 Å². The second-order valence-corrected chi connectivity index (χ2v) is 4.80. The fourth-order valence-electron chi connectivity index (χ4n) is 1.91. The maximum Gasteiger partial charge on any atom is 0.158 e. The molecule has 0 fully saturated rings. The Morgan fingerprint density at radius 3 is 2.75 bits per heavy atom. The van der Waals surface area contributed by atoms with Crippen molar-refractivity contribution in [2.24, 2.45) is 0 Å². The Bertz CT molecular complexity index is 554. The number of ether oxygens (including phenoxy) is 2. The Morgan fingerprint density at radius 2 is 2.05 bits per heavy atom. The van der Waals surface area contributed by atoms with E-state index in [0.29, 0.717) is 10.8 Å². The first-order chi connectivity index (χ1) is 9.74. The van der Waals surface area contributed by atoms with Gasteiger partial charge in [-0.1, -0.05) is 11.6 Å². The van der Waals surface area contributed by atoms with Gasteiger partial charge in [0.25, 0.3) is 0 Å². The molecule has 0 saturated carbocycles. The van der Waals surface area contributed by atoms with Crippen LogP contribution in [0.2, 0.25) is 5.02 Å². The normalized spacial score (nSPS) is 10.8. The standard InChI is InChI=1S/C15H18ClNO3/c1-18-8-7-17-10-12-4-6-14(20-12)11-3-5-15(19-2)13(16)9-11/h3-6,9,17H,7-8,10H2,1-2H3/p+1. The molecule has 1 heterocycles. The summed E-state index contributed by atoms with van der Waals surface area (Å²) in [4.78, 5) is 0. The third kappa shape index (κ3) is 3.76. The van der Waals surface area contributed by atoms with Gasteiger partial charge in [-0.15, -0.1) is 0 Å². The van der Waals surface area contributed by atoms with Gasteiger partial charge in [0.1, 0.15) is 18.1 Å². The lowest BCUT2D eigenvalue weighted by Crippen LogP contribution is -2.83. The van der Waals surface area contributed by atoms with E-state index >= 15 is 0 Å². The fourth-order valence-corrected chi connectivity index (χ4v) is 2.17. The number of hydrogen-bond donors (Lipinski definition) is 1. The average Bonchev–Trinajstić information content (AvgIpc) is 2.92. The van der Waals surface area contributed by atoms with E-state index in [1.807, 2.05) is 30.3 Å². The summed E-state index contributed by atoms with van der Waals surface area (Å²) < 4.78 is 15.9. The fraction of sp³-hybridized carbons (Fsp3) is 0.333. The van der Waals surface area contributed by atoms with Gasteiger partial charge in [-0.3, -0.25) is 0 Å². The summed E-state index contributed by atoms with van der Waals surface area (Å²) in [6.45, 7) is 2.45. The molecular weight excluding hydrogens is 278 g/mol. The molecule has 2 rings (SSSR count). The highest BCUT2D eigenvalue weighted by Crippen LogP contribution is 2.30. The van der Waals surface area contributed by atoms with Crippen molar-refractivity contribution in [3.63, 3.8) is 0 Å². The van der Waals surface area contributed by atoms with Crippen molar-refractivity contribution >= 4 is 11.6 Å². The number of benzene rings is 1. The monoisotopic (exact) mass is 296 g/mol. The van der Waals surface area contributed by atoms with E-state index in [2.05, 4.69) is 5.32 Å². The first kappa shape index (κ1) is 14.9. The van der Waals surface area contributed by atoms with E-state index in [4.69, 9.17) is 25.5 Å². The van der Waals surface area contributed by atoms with Gasteiger partial charge in [0.15, 0.2) is 5.76 Å². The van der Waals surface area contributed by atoms with Crippen molar-refractivity contribution < 1.29 is 19.2 Å². The topological polar surface area (TPSA) is 48.2 Å². The first-order valence-electron chi connectivity index (χ1n) is 6.48. The van der Waals surface area contributed by atoms with Gasteiger partial charge in [0, 0.05) is 12.7 Å². The van der Waals surface area contributed by atoms with E-state index in [9.17, 15) is 0 Å². The molecule has 0 spiro atoms. The number of rotatable bonds is 7. The predicted molar refractivity (Wildman–Crippen MR) is 78.1 cm³/mol. The molecule has 2 aromatic rings. The van der Waals surface area contributed by atoms with E-state index in [0.717, 1.165) is 36.8 Å². The van der Waals surface area contributed by atoms with Gasteiger partial charge < -0.3 is 19.2 Å². The molecule has 0 unspecified atom stereocenters. The van der Waals surface area contributed by atoms with Crippen LogP contribution in [0.3, 0.4) is 0 Å². The van der Waals surface area contributed by atoms with Gasteiger partial charge in [-0.05, 0) is 30.3 Å². The number of methoxy groups -OCH3 is 2. The van der Waals surface area contributed by atoms with Crippen molar-refractivity contribution in [2.75, 3.05) is 27.4 Å². The average molecular weight is 297 g/mol. The second-order valence-electron chi connectivity index (χ2n) is 4.39. The van der Waals surface area contributed by atoms with Crippen molar-refractivity contribution in [1.29, 1.82) is 0 Å². The van der Waals surface area contributed by atoms with Crippen LogP contribution in [0.1, 0.15) is 5.76 Å². The Labute approximate surface area is 123 Å². The van der Waals surface area contributed by atoms with Gasteiger partial charge in [-0.2, -0.15) is 0 Å². The lowest BCUT2D eigenvalue weighted by Gasteiger charge is -2.04. The molecule has 0 aliphatic rings. The SMILES string of the molecule is COCC[NH2+]Cc1ccc(-c2ccc(OC)c(Cl)c2)o1. The molecule has 1 aromatic carbocycles. The predicted octanol–water partition coefficient (Wildman–Crippen LogP) is 2.32. The minimum Gasteiger partial charge on any atom is -0.495 e. The smallest absolute Gasteiger partial charge is 0.158 e. The highest BCUT2D eigenvalue weighted by Gasteiger charge is 2.08. The minimum atomic E-state index is 0.578. The number of halogens is 1. The summed E-state index contributed by atoms with van der Waals surface area (Å²) in [6.07, 6.45) is 0. The summed E-state index contributed by atoms with van der Waals surface area (Å²) >= 11 is 6.12. The maximum absolute atomic E-state index is 6.12. The molecule has 0 aliphatic heterocycles. The lowest BCUT2D eigenvalue weighted by molar-refractivity contribution is -0.673. The van der Waals surface area contributed by atoms with Crippen LogP contribution < -0.4 is 10.1 Å². The number of quaternary nitrogens is 1. The second kappa shape index (κ2) is 7.33. The third-order valence-electron chi connectivity index (χ3n) is 2.97. The highest BCUT2D eigenvalue weighted by molar-refractivity contribution is 6.32. The zero-order valence-electron chi connectivity index (χ0n) is 11.7. The molecule has 2 N–H and O–H groups in total. The van der Waals surface area contributed by atoms with Gasteiger partial charge >= 0.3 is 0 Å². The van der Waals surface area contributed by atoms with Crippen LogP contribution in [0.5, 0.6) is 5.75 Å². The van der Waals surface area contributed by atoms with E-state index in [-0.39, 0.29) is 0 Å². The van der Waals surface area contributed by atoms with Crippen molar-refractivity contribution in [1.82, 2.24) is 0 Å². The molecule has 0 amide bonds. The van der Waals surface area contributed by atoms with E-state index in [1.54, 1.807) is 14.2 Å². The maximum atomic E-state index is 6.12. The molecule has 4 nitrogen and oxygen atoms in total. The van der Waals surface area contributed by atoms with Crippen LogP contribution in [0, 0.1) is 0 Å². The Hall–Kier alpha value is -1.49. The zero-order valence-corrected chi connectivity index (χ0v) is 12.4. The Balaban J connectivity index is 2.03. The molecule has 0 atom stereocenters. The quantitative estimate of drug-likeness (QED) is 0.798. The summed E-state index contributed by atoms with van der Waals surface area (Å²) in [7, 11) is 3.30. The van der Waals surface area contributed by atoms with Crippen LogP contribution >= 0.6 is 11.6 Å². The van der Waals surface area contributed by atoms with Crippen molar-refractivity contribution in [3.05, 3.63) is 41.1 Å². The minimum absolute atomic E-state index is 0.578. The van der Waals surface area contributed by atoms with E-state index in [1.165, 1.54) is 0 Å². The first-order valence-corrected chi connectivity index (χ1v) is 6.85. The summed E-state index contributed by atoms with van der Waals surface area (Å²) in [5.41, 5.74) is 0.943. The number of hydrogen-bond acceptors (Lipinski definition) is 3. The Morgan fingerprint density at radius 1 is 1.20 bits per heavy atom. The summed E-state index contributed by atoms with van der Waals surface area (Å²) in [5, 5.41) is 2.72. The molecule has 0 radical (unpaired) electrons. The molecule has 108 valence electrons. The molecule has 0 saturated heterocycles. The molecule has 0 bridgehead atoms. The highest BCUT2D eigenvalue weighted by atomic mass is 35.5.